The number of ketones is 1. The van der Waals surface area contributed by atoms with Crippen LogP contribution in [0.3, 0.4) is 0 Å². The molecule has 0 saturated carbocycles. The summed E-state index contributed by atoms with van der Waals surface area (Å²) in [4.78, 5) is 23.5. The molecule has 0 radical (unpaired) electrons. The molecule has 0 fully saturated rings. The van der Waals surface area contributed by atoms with E-state index in [1.54, 1.807) is 25.1 Å². The molecule has 0 atom stereocenters. The Balaban J connectivity index is 2.17. The number of aryl methyl sites for hydroxylation is 2. The molecule has 1 N–H and O–H groups in total. The van der Waals surface area contributed by atoms with Crippen molar-refractivity contribution in [1.29, 1.82) is 0 Å². The van der Waals surface area contributed by atoms with Crippen molar-refractivity contribution < 1.29 is 23.8 Å². The number of carbonyl (C=O) groups is 2. The van der Waals surface area contributed by atoms with E-state index in [0.717, 1.165) is 11.1 Å². The molecule has 0 saturated heterocycles. The molecule has 0 amide bonds. The number of aliphatic carboxylic acids is 1. The van der Waals surface area contributed by atoms with Gasteiger partial charge in [0.2, 0.25) is 0 Å². The van der Waals surface area contributed by atoms with Crippen LogP contribution in [-0.2, 0) is 11.2 Å². The van der Waals surface area contributed by atoms with E-state index in [1.165, 1.54) is 19.9 Å². The predicted molar refractivity (Wildman–Crippen MR) is 91.6 cm³/mol. The molecule has 25 heavy (non-hydrogen) atoms. The van der Waals surface area contributed by atoms with E-state index >= 15 is 0 Å². The van der Waals surface area contributed by atoms with Crippen molar-refractivity contribution in [1.82, 2.24) is 0 Å². The van der Waals surface area contributed by atoms with Gasteiger partial charge in [-0.2, -0.15) is 0 Å². The number of hydrogen-bond acceptors (Lipinski definition) is 3. The second-order valence-corrected chi connectivity index (χ2v) is 6.81. The van der Waals surface area contributed by atoms with Gasteiger partial charge in [-0.05, 0) is 68.1 Å². The number of benzene rings is 2. The summed E-state index contributed by atoms with van der Waals surface area (Å²) < 4.78 is 19.4. The van der Waals surface area contributed by atoms with Gasteiger partial charge >= 0.3 is 5.97 Å². The van der Waals surface area contributed by atoms with E-state index in [9.17, 15) is 19.1 Å². The Morgan fingerprint density at radius 2 is 1.88 bits per heavy atom. The van der Waals surface area contributed by atoms with E-state index in [1.807, 2.05) is 6.07 Å². The van der Waals surface area contributed by atoms with Crippen LogP contribution in [0.1, 0.15) is 41.8 Å². The summed E-state index contributed by atoms with van der Waals surface area (Å²) in [6.07, 6.45) is 1.08. The monoisotopic (exact) mass is 342 g/mol. The van der Waals surface area contributed by atoms with Crippen molar-refractivity contribution in [2.45, 2.75) is 39.2 Å². The summed E-state index contributed by atoms with van der Waals surface area (Å²) in [6.45, 7) is 4.56. The maximum Gasteiger partial charge on any atom is 0.347 e. The first kappa shape index (κ1) is 17.1. The molecule has 0 aliphatic heterocycles. The van der Waals surface area contributed by atoms with Gasteiger partial charge in [-0.25, -0.2) is 9.18 Å². The lowest BCUT2D eigenvalue weighted by atomic mass is 9.97. The maximum atomic E-state index is 13.6. The number of rotatable bonds is 4. The van der Waals surface area contributed by atoms with Gasteiger partial charge in [0.25, 0.3) is 0 Å². The molecule has 2 aromatic rings. The summed E-state index contributed by atoms with van der Waals surface area (Å²) >= 11 is 0. The summed E-state index contributed by atoms with van der Waals surface area (Å²) in [7, 11) is 0. The van der Waals surface area contributed by atoms with Crippen molar-refractivity contribution in [2.24, 2.45) is 0 Å². The van der Waals surface area contributed by atoms with E-state index in [2.05, 4.69) is 0 Å². The first-order valence-corrected chi connectivity index (χ1v) is 8.08. The third-order valence-corrected chi connectivity index (χ3v) is 4.48. The van der Waals surface area contributed by atoms with Crippen molar-refractivity contribution in [3.8, 4) is 16.9 Å². The standard InChI is InChI=1S/C20H19FO4/c1-11-8-12(4-6-16(11)21)15-9-13-5-7-17(22)14(13)10-18(15)25-20(2,3)19(23)24/h4,6,8-10H,5,7H2,1-3H3,(H,23,24). The molecule has 0 bridgehead atoms. The fourth-order valence-corrected chi connectivity index (χ4v) is 2.91. The van der Waals surface area contributed by atoms with E-state index in [0.29, 0.717) is 35.3 Å². The van der Waals surface area contributed by atoms with Crippen LogP contribution in [-0.4, -0.2) is 22.5 Å². The van der Waals surface area contributed by atoms with Crippen LogP contribution in [0.4, 0.5) is 4.39 Å². The summed E-state index contributed by atoms with van der Waals surface area (Å²) in [6, 6.07) is 8.15. The lowest BCUT2D eigenvalue weighted by Gasteiger charge is -2.24. The Kier molecular flexibility index (Phi) is 4.11. The molecule has 0 heterocycles. The number of fused-ring (bicyclic) bond motifs is 1. The number of ether oxygens (including phenoxy) is 1. The normalized spacial score (nSPS) is 13.7. The smallest absolute Gasteiger partial charge is 0.347 e. The average molecular weight is 342 g/mol. The zero-order chi connectivity index (χ0) is 18.4. The van der Waals surface area contributed by atoms with Crippen molar-refractivity contribution in [3.63, 3.8) is 0 Å². The maximum absolute atomic E-state index is 13.6. The number of Topliss-reactive ketones (excluding diaryl/α,β-unsaturated/α-hetero) is 1. The van der Waals surface area contributed by atoms with E-state index in [-0.39, 0.29) is 11.6 Å². The number of carbonyl (C=O) groups excluding carboxylic acids is 1. The summed E-state index contributed by atoms with van der Waals surface area (Å²) in [5.41, 5.74) is 1.88. The molecule has 0 spiro atoms. The van der Waals surface area contributed by atoms with Crippen molar-refractivity contribution in [2.75, 3.05) is 0 Å². The van der Waals surface area contributed by atoms with Crippen LogP contribution < -0.4 is 4.74 Å². The Labute approximate surface area is 145 Å². The minimum atomic E-state index is -1.46. The Hall–Kier alpha value is -2.69. The number of carboxylic acids is 1. The van der Waals surface area contributed by atoms with Gasteiger partial charge < -0.3 is 9.84 Å². The SMILES string of the molecule is Cc1cc(-c2cc3c(cc2OC(C)(C)C(=O)O)C(=O)CC3)ccc1F. The van der Waals surface area contributed by atoms with Gasteiger partial charge in [0.15, 0.2) is 11.4 Å². The van der Waals surface area contributed by atoms with E-state index < -0.39 is 11.6 Å². The van der Waals surface area contributed by atoms with Gasteiger partial charge in [0.1, 0.15) is 11.6 Å². The highest BCUT2D eigenvalue weighted by molar-refractivity contribution is 6.01. The predicted octanol–water partition coefficient (Wildman–Crippen LogP) is 4.17. The molecule has 1 aliphatic carbocycles. The zero-order valence-corrected chi connectivity index (χ0v) is 14.4. The number of carboxylic acid groups (broad SMARTS) is 1. The summed E-state index contributed by atoms with van der Waals surface area (Å²) in [5.74, 6) is -1.09. The Bertz CT molecular complexity index is 884. The van der Waals surface area contributed by atoms with Gasteiger partial charge in [-0.3, -0.25) is 4.79 Å². The molecule has 2 aromatic carbocycles. The molecule has 5 heteroatoms. The molecule has 130 valence electrons. The highest BCUT2D eigenvalue weighted by Crippen LogP contribution is 2.38. The fraction of sp³-hybridized carbons (Fsp3) is 0.300. The second-order valence-electron chi connectivity index (χ2n) is 6.81. The zero-order valence-electron chi connectivity index (χ0n) is 14.4. The van der Waals surface area contributed by atoms with Gasteiger partial charge in [0, 0.05) is 17.5 Å². The molecular weight excluding hydrogens is 323 g/mol. The van der Waals surface area contributed by atoms with Gasteiger partial charge in [0.05, 0.1) is 0 Å². The highest BCUT2D eigenvalue weighted by Gasteiger charge is 2.32. The molecule has 0 aromatic heterocycles. The molecule has 4 nitrogen and oxygen atoms in total. The molecule has 0 unspecified atom stereocenters. The molecule has 1 aliphatic rings. The largest absolute Gasteiger partial charge is 0.478 e. The second kappa shape index (κ2) is 5.99. The van der Waals surface area contributed by atoms with Crippen LogP contribution >= 0.6 is 0 Å². The summed E-state index contributed by atoms with van der Waals surface area (Å²) in [5, 5.41) is 9.35. The number of halogens is 1. The van der Waals surface area contributed by atoms with Crippen LogP contribution in [0.5, 0.6) is 5.75 Å². The van der Waals surface area contributed by atoms with Gasteiger partial charge in [-0.15, -0.1) is 0 Å². The van der Waals surface area contributed by atoms with Crippen LogP contribution in [0.2, 0.25) is 0 Å². The van der Waals surface area contributed by atoms with Crippen LogP contribution in [0.15, 0.2) is 30.3 Å². The fourth-order valence-electron chi connectivity index (χ4n) is 2.91. The average Bonchev–Trinajstić information content (AvgIpc) is 2.89. The first-order chi connectivity index (χ1) is 11.7. The Morgan fingerprint density at radius 3 is 2.52 bits per heavy atom. The molecular formula is C20H19FO4. The lowest BCUT2D eigenvalue weighted by Crippen LogP contribution is -2.38. The molecule has 3 rings (SSSR count). The Morgan fingerprint density at radius 1 is 1.16 bits per heavy atom. The minimum Gasteiger partial charge on any atom is -0.478 e. The first-order valence-electron chi connectivity index (χ1n) is 8.08. The topological polar surface area (TPSA) is 63.6 Å². The van der Waals surface area contributed by atoms with Crippen molar-refractivity contribution >= 4 is 11.8 Å². The third kappa shape index (κ3) is 3.14. The lowest BCUT2D eigenvalue weighted by molar-refractivity contribution is -0.152. The highest BCUT2D eigenvalue weighted by atomic mass is 19.1. The number of hydrogen-bond donors (Lipinski definition) is 1. The van der Waals surface area contributed by atoms with Crippen molar-refractivity contribution in [3.05, 3.63) is 52.8 Å². The quantitative estimate of drug-likeness (QED) is 0.906. The third-order valence-electron chi connectivity index (χ3n) is 4.48. The van der Waals surface area contributed by atoms with E-state index in [4.69, 9.17) is 4.74 Å². The van der Waals surface area contributed by atoms with Crippen LogP contribution in [0.25, 0.3) is 11.1 Å². The minimum absolute atomic E-state index is 0.0230. The van der Waals surface area contributed by atoms with Gasteiger partial charge in [-0.1, -0.05) is 6.07 Å². The van der Waals surface area contributed by atoms with Crippen LogP contribution in [0, 0.1) is 12.7 Å².